The summed E-state index contributed by atoms with van der Waals surface area (Å²) in [5.41, 5.74) is 0.732. The zero-order valence-electron chi connectivity index (χ0n) is 10.2. The largest absolute Gasteiger partial charge is 0.298 e. The summed E-state index contributed by atoms with van der Waals surface area (Å²) in [7, 11) is 1.98. The second-order valence-corrected chi connectivity index (χ2v) is 6.56. The average molecular weight is 332 g/mol. The second-order valence-electron chi connectivity index (χ2n) is 4.49. The molecule has 1 unspecified atom stereocenters. The van der Waals surface area contributed by atoms with Crippen molar-refractivity contribution in [2.75, 3.05) is 25.1 Å². The van der Waals surface area contributed by atoms with E-state index in [9.17, 15) is 9.18 Å². The molecule has 2 nitrogen and oxygen atoms in total. The highest BCUT2D eigenvalue weighted by Crippen LogP contribution is 2.19. The molecule has 0 N–H and O–H groups in total. The van der Waals surface area contributed by atoms with E-state index >= 15 is 0 Å². The van der Waals surface area contributed by atoms with Gasteiger partial charge >= 0.3 is 0 Å². The number of hydrogen-bond acceptors (Lipinski definition) is 3. The predicted molar refractivity (Wildman–Crippen MR) is 76.6 cm³/mol. The van der Waals surface area contributed by atoms with Crippen molar-refractivity contribution in [3.63, 3.8) is 0 Å². The highest BCUT2D eigenvalue weighted by Gasteiger charge is 2.26. The van der Waals surface area contributed by atoms with E-state index in [1.165, 1.54) is 12.1 Å². The molecular formula is C13H15BrFNOS. The summed E-state index contributed by atoms with van der Waals surface area (Å²) >= 11 is 5.05. The molecule has 1 atom stereocenters. The Morgan fingerprint density at radius 3 is 3.00 bits per heavy atom. The van der Waals surface area contributed by atoms with Crippen LogP contribution in [-0.4, -0.2) is 41.8 Å². The lowest BCUT2D eigenvalue weighted by molar-refractivity contribution is -0.122. The van der Waals surface area contributed by atoms with E-state index < -0.39 is 0 Å². The summed E-state index contributed by atoms with van der Waals surface area (Å²) < 4.78 is 13.9. The molecule has 98 valence electrons. The number of nitrogens with zero attached hydrogens (tertiary/aromatic N) is 1. The number of carbonyl (C=O) groups excluding carboxylic acids is 1. The molecule has 1 saturated heterocycles. The van der Waals surface area contributed by atoms with Gasteiger partial charge < -0.3 is 0 Å². The molecule has 1 aromatic rings. The van der Waals surface area contributed by atoms with Crippen LogP contribution < -0.4 is 0 Å². The van der Waals surface area contributed by atoms with Gasteiger partial charge in [-0.1, -0.05) is 15.9 Å². The molecule has 0 radical (unpaired) electrons. The molecule has 1 aromatic carbocycles. The molecule has 0 amide bonds. The van der Waals surface area contributed by atoms with Gasteiger partial charge in [0.15, 0.2) is 5.78 Å². The topological polar surface area (TPSA) is 20.3 Å². The number of ketones is 1. The molecule has 0 spiro atoms. The summed E-state index contributed by atoms with van der Waals surface area (Å²) in [4.78, 5) is 14.3. The predicted octanol–water partition coefficient (Wildman–Crippen LogP) is 2.75. The number of benzene rings is 1. The number of rotatable bonds is 3. The van der Waals surface area contributed by atoms with Crippen LogP contribution in [-0.2, 0) is 11.2 Å². The highest BCUT2D eigenvalue weighted by molar-refractivity contribution is 9.10. The number of likely N-dealkylation sites (N-methyl/N-ethyl adjacent to an activating group) is 1. The van der Waals surface area contributed by atoms with Gasteiger partial charge in [0.05, 0.1) is 6.04 Å². The van der Waals surface area contributed by atoms with Gasteiger partial charge in [0.25, 0.3) is 0 Å². The molecular weight excluding hydrogens is 317 g/mol. The molecule has 18 heavy (non-hydrogen) atoms. The van der Waals surface area contributed by atoms with E-state index in [4.69, 9.17) is 0 Å². The van der Waals surface area contributed by atoms with Crippen molar-refractivity contribution in [1.29, 1.82) is 0 Å². The first-order valence-electron chi connectivity index (χ1n) is 5.82. The standard InChI is InChI=1S/C13H15BrFNOS/c1-16-2-3-18-8-12(16)13(17)6-9-4-10(14)7-11(15)5-9/h4-5,7,12H,2-3,6,8H2,1H3. The molecule has 1 aliphatic heterocycles. The van der Waals surface area contributed by atoms with Crippen molar-refractivity contribution >= 4 is 33.5 Å². The minimum atomic E-state index is -0.307. The number of thioether (sulfide) groups is 1. The number of halogens is 2. The monoisotopic (exact) mass is 331 g/mol. The van der Waals surface area contributed by atoms with E-state index in [2.05, 4.69) is 20.8 Å². The normalized spacial score (nSPS) is 20.9. The Kier molecular flexibility index (Phi) is 4.81. The summed E-state index contributed by atoms with van der Waals surface area (Å²) in [5, 5.41) is 0. The number of hydrogen-bond donors (Lipinski definition) is 0. The second kappa shape index (κ2) is 6.17. The number of carbonyl (C=O) groups is 1. The molecule has 2 rings (SSSR count). The first-order chi connectivity index (χ1) is 8.56. The quantitative estimate of drug-likeness (QED) is 0.849. The van der Waals surface area contributed by atoms with Crippen molar-refractivity contribution in [1.82, 2.24) is 4.90 Å². The summed E-state index contributed by atoms with van der Waals surface area (Å²) in [6.07, 6.45) is 0.298. The van der Waals surface area contributed by atoms with Gasteiger partial charge in [-0.15, -0.1) is 0 Å². The van der Waals surface area contributed by atoms with Crippen LogP contribution in [0.25, 0.3) is 0 Å². The van der Waals surface area contributed by atoms with Crippen LogP contribution in [0.15, 0.2) is 22.7 Å². The smallest absolute Gasteiger partial charge is 0.155 e. The van der Waals surface area contributed by atoms with Crippen LogP contribution in [0.4, 0.5) is 4.39 Å². The Hall–Kier alpha value is -0.390. The third kappa shape index (κ3) is 3.56. The zero-order valence-corrected chi connectivity index (χ0v) is 12.6. The average Bonchev–Trinajstić information content (AvgIpc) is 2.27. The Bertz CT molecular complexity index is 434. The van der Waals surface area contributed by atoms with Gasteiger partial charge in [0.2, 0.25) is 0 Å². The maximum Gasteiger partial charge on any atom is 0.155 e. The summed E-state index contributed by atoms with van der Waals surface area (Å²) in [5.74, 6) is 1.78. The third-order valence-electron chi connectivity index (χ3n) is 3.07. The maximum absolute atomic E-state index is 13.2. The van der Waals surface area contributed by atoms with E-state index in [0.29, 0.717) is 10.9 Å². The van der Waals surface area contributed by atoms with Gasteiger partial charge in [-0.05, 0) is 30.8 Å². The van der Waals surface area contributed by atoms with Gasteiger partial charge in [-0.3, -0.25) is 9.69 Å². The third-order valence-corrected chi connectivity index (χ3v) is 4.55. The highest BCUT2D eigenvalue weighted by atomic mass is 79.9. The van der Waals surface area contributed by atoms with Crippen molar-refractivity contribution in [3.05, 3.63) is 34.1 Å². The lowest BCUT2D eigenvalue weighted by Crippen LogP contribution is -2.45. The Morgan fingerprint density at radius 1 is 1.56 bits per heavy atom. The molecule has 0 aliphatic carbocycles. The first kappa shape index (κ1) is 14.0. The van der Waals surface area contributed by atoms with Crippen LogP contribution in [0.5, 0.6) is 0 Å². The van der Waals surface area contributed by atoms with Crippen molar-refractivity contribution < 1.29 is 9.18 Å². The minimum absolute atomic E-state index is 0.0363. The molecule has 0 saturated carbocycles. The lowest BCUT2D eigenvalue weighted by atomic mass is 10.0. The van der Waals surface area contributed by atoms with E-state index in [1.807, 2.05) is 7.05 Å². The van der Waals surface area contributed by atoms with Crippen LogP contribution in [0.2, 0.25) is 0 Å². The fraction of sp³-hybridized carbons (Fsp3) is 0.462. The van der Waals surface area contributed by atoms with Crippen LogP contribution in [0, 0.1) is 5.82 Å². The molecule has 0 bridgehead atoms. The van der Waals surface area contributed by atoms with Crippen molar-refractivity contribution in [2.45, 2.75) is 12.5 Å². The lowest BCUT2D eigenvalue weighted by Gasteiger charge is -2.30. The minimum Gasteiger partial charge on any atom is -0.298 e. The number of Topliss-reactive ketones (excluding diaryl/α,β-unsaturated/α-hetero) is 1. The summed E-state index contributed by atoms with van der Waals surface area (Å²) in [6.45, 7) is 0.938. The van der Waals surface area contributed by atoms with E-state index in [1.54, 1.807) is 17.8 Å². The van der Waals surface area contributed by atoms with Crippen LogP contribution >= 0.6 is 27.7 Å². The zero-order chi connectivity index (χ0) is 13.1. The molecule has 1 heterocycles. The molecule has 5 heteroatoms. The van der Waals surface area contributed by atoms with E-state index in [-0.39, 0.29) is 17.6 Å². The molecule has 1 aliphatic rings. The maximum atomic E-state index is 13.2. The Balaban J connectivity index is 2.06. The van der Waals surface area contributed by atoms with Crippen molar-refractivity contribution in [2.24, 2.45) is 0 Å². The molecule has 1 fully saturated rings. The first-order valence-corrected chi connectivity index (χ1v) is 7.76. The van der Waals surface area contributed by atoms with Gasteiger partial charge in [-0.2, -0.15) is 11.8 Å². The van der Waals surface area contributed by atoms with E-state index in [0.717, 1.165) is 23.6 Å². The Labute approximate surface area is 119 Å². The van der Waals surface area contributed by atoms with Crippen LogP contribution in [0.3, 0.4) is 0 Å². The summed E-state index contributed by atoms with van der Waals surface area (Å²) in [6, 6.07) is 4.59. The fourth-order valence-corrected chi connectivity index (χ4v) is 3.82. The Morgan fingerprint density at radius 2 is 2.33 bits per heavy atom. The molecule has 0 aromatic heterocycles. The fourth-order valence-electron chi connectivity index (χ4n) is 2.06. The van der Waals surface area contributed by atoms with Gasteiger partial charge in [0, 0.05) is 28.9 Å². The SMILES string of the molecule is CN1CCSCC1C(=O)Cc1cc(F)cc(Br)c1. The van der Waals surface area contributed by atoms with Crippen molar-refractivity contribution in [3.8, 4) is 0 Å². The van der Waals surface area contributed by atoms with Gasteiger partial charge in [-0.25, -0.2) is 4.39 Å². The van der Waals surface area contributed by atoms with Crippen LogP contribution in [0.1, 0.15) is 5.56 Å². The van der Waals surface area contributed by atoms with Gasteiger partial charge in [0.1, 0.15) is 5.82 Å².